The molecule has 7 nitrogen and oxygen atoms in total. The zero-order chi connectivity index (χ0) is 16.2. The third kappa shape index (κ3) is 3.64. The average molecular weight is 330 g/mol. The second-order valence-electron chi connectivity index (χ2n) is 6.11. The van der Waals surface area contributed by atoms with Crippen molar-refractivity contribution in [3.05, 3.63) is 35.7 Å². The van der Waals surface area contributed by atoms with E-state index in [1.165, 1.54) is 5.56 Å². The fraction of sp³-hybridized carbons (Fsp3) is 0.529. The van der Waals surface area contributed by atoms with E-state index in [1.807, 2.05) is 12.1 Å². The number of aromatic nitrogens is 2. The highest BCUT2D eigenvalue weighted by Gasteiger charge is 2.22. The molecule has 2 aliphatic heterocycles. The van der Waals surface area contributed by atoms with Crippen molar-refractivity contribution in [2.75, 3.05) is 46.0 Å². The second-order valence-corrected chi connectivity index (χ2v) is 6.11. The Hall–Kier alpha value is -1.80. The Kier molecular flexibility index (Phi) is 4.84. The lowest BCUT2D eigenvalue weighted by Crippen LogP contribution is -2.35. The lowest BCUT2D eigenvalue weighted by atomic mass is 10.1. The van der Waals surface area contributed by atoms with Crippen LogP contribution in [0, 0.1) is 0 Å². The first-order valence-corrected chi connectivity index (χ1v) is 8.44. The van der Waals surface area contributed by atoms with Crippen molar-refractivity contribution in [3.63, 3.8) is 0 Å². The Labute approximate surface area is 140 Å². The average Bonchev–Trinajstić information content (AvgIpc) is 3.14. The minimum Gasteiger partial charge on any atom is -0.379 e. The first-order valence-electron chi connectivity index (χ1n) is 8.44. The minimum absolute atomic E-state index is 0.156. The van der Waals surface area contributed by atoms with Crippen LogP contribution in [-0.2, 0) is 16.0 Å². The molecule has 2 saturated heterocycles. The molecule has 0 saturated carbocycles. The molecule has 0 bridgehead atoms. The van der Waals surface area contributed by atoms with Gasteiger partial charge in [0.25, 0.3) is 5.89 Å². The Balaban J connectivity index is 1.47. The van der Waals surface area contributed by atoms with E-state index in [1.54, 1.807) is 0 Å². The van der Waals surface area contributed by atoms with E-state index in [0.717, 1.165) is 45.0 Å². The van der Waals surface area contributed by atoms with Crippen molar-refractivity contribution in [1.82, 2.24) is 20.4 Å². The van der Waals surface area contributed by atoms with Crippen LogP contribution in [0.15, 0.2) is 28.8 Å². The molecule has 4 rings (SSSR count). The van der Waals surface area contributed by atoms with Crippen LogP contribution < -0.4 is 5.32 Å². The highest BCUT2D eigenvalue weighted by molar-refractivity contribution is 5.55. The molecule has 1 N–H and O–H groups in total. The molecule has 2 aromatic rings. The van der Waals surface area contributed by atoms with Gasteiger partial charge in [-0.2, -0.15) is 4.98 Å². The summed E-state index contributed by atoms with van der Waals surface area (Å²) < 4.78 is 16.5. The van der Waals surface area contributed by atoms with Gasteiger partial charge in [-0.05, 0) is 11.6 Å². The van der Waals surface area contributed by atoms with Crippen LogP contribution in [0.5, 0.6) is 0 Å². The molecule has 0 spiro atoms. The SMILES string of the molecule is c1cc(CN2CCOCC2)cc(-c2noc([C@H]3CNCCO3)n2)c1. The molecule has 1 aromatic carbocycles. The van der Waals surface area contributed by atoms with E-state index in [9.17, 15) is 0 Å². The van der Waals surface area contributed by atoms with Gasteiger partial charge in [0.2, 0.25) is 5.82 Å². The maximum Gasteiger partial charge on any atom is 0.257 e. The third-order valence-corrected chi connectivity index (χ3v) is 4.34. The van der Waals surface area contributed by atoms with Gasteiger partial charge in [-0.3, -0.25) is 4.90 Å². The standard InChI is InChI=1S/C17H22N4O3/c1-2-13(12-21-5-8-22-9-6-21)10-14(3-1)16-19-17(24-20-16)15-11-18-4-7-23-15/h1-3,10,15,18H,4-9,11-12H2/t15-/m1/s1. The van der Waals surface area contributed by atoms with Crippen LogP contribution in [0.4, 0.5) is 0 Å². The van der Waals surface area contributed by atoms with Gasteiger partial charge in [-0.1, -0.05) is 23.4 Å². The quantitative estimate of drug-likeness (QED) is 0.904. The first-order chi connectivity index (χ1) is 11.9. The van der Waals surface area contributed by atoms with Gasteiger partial charge >= 0.3 is 0 Å². The third-order valence-electron chi connectivity index (χ3n) is 4.34. The highest BCUT2D eigenvalue weighted by Crippen LogP contribution is 2.22. The van der Waals surface area contributed by atoms with Crippen molar-refractivity contribution in [2.45, 2.75) is 12.6 Å². The fourth-order valence-electron chi connectivity index (χ4n) is 3.03. The molecular formula is C17H22N4O3. The molecule has 128 valence electrons. The molecule has 0 aliphatic carbocycles. The molecule has 0 amide bonds. The number of rotatable bonds is 4. The number of hydrogen-bond acceptors (Lipinski definition) is 7. The molecule has 3 heterocycles. The molecule has 1 atom stereocenters. The van der Waals surface area contributed by atoms with Crippen molar-refractivity contribution < 1.29 is 14.0 Å². The van der Waals surface area contributed by atoms with Crippen molar-refractivity contribution >= 4 is 0 Å². The number of benzene rings is 1. The van der Waals surface area contributed by atoms with Crippen LogP contribution in [0.2, 0.25) is 0 Å². The summed E-state index contributed by atoms with van der Waals surface area (Å²) in [4.78, 5) is 6.91. The van der Waals surface area contributed by atoms with Gasteiger partial charge in [0.15, 0.2) is 0 Å². The van der Waals surface area contributed by atoms with Crippen molar-refractivity contribution in [2.24, 2.45) is 0 Å². The summed E-state index contributed by atoms with van der Waals surface area (Å²) in [5.41, 5.74) is 2.22. The molecule has 7 heteroatoms. The number of nitrogens with zero attached hydrogens (tertiary/aromatic N) is 3. The summed E-state index contributed by atoms with van der Waals surface area (Å²) in [6.07, 6.45) is -0.156. The first kappa shape index (κ1) is 15.7. The van der Waals surface area contributed by atoms with Crippen LogP contribution in [-0.4, -0.2) is 61.0 Å². The summed E-state index contributed by atoms with van der Waals surface area (Å²) in [5.74, 6) is 1.15. The van der Waals surface area contributed by atoms with Gasteiger partial charge in [0, 0.05) is 38.3 Å². The van der Waals surface area contributed by atoms with Gasteiger partial charge < -0.3 is 19.3 Å². The van der Waals surface area contributed by atoms with Gasteiger partial charge in [0.1, 0.15) is 6.10 Å². The van der Waals surface area contributed by atoms with E-state index in [0.29, 0.717) is 24.9 Å². The largest absolute Gasteiger partial charge is 0.379 e. The second kappa shape index (κ2) is 7.40. The zero-order valence-corrected chi connectivity index (χ0v) is 13.6. The van der Waals surface area contributed by atoms with Gasteiger partial charge in [0.05, 0.1) is 19.8 Å². The summed E-state index contributed by atoms with van der Waals surface area (Å²) >= 11 is 0. The van der Waals surface area contributed by atoms with E-state index >= 15 is 0 Å². The van der Waals surface area contributed by atoms with E-state index < -0.39 is 0 Å². The molecule has 24 heavy (non-hydrogen) atoms. The molecule has 2 fully saturated rings. The van der Waals surface area contributed by atoms with Gasteiger partial charge in [-0.15, -0.1) is 0 Å². The van der Waals surface area contributed by atoms with E-state index in [-0.39, 0.29) is 6.10 Å². The van der Waals surface area contributed by atoms with Crippen molar-refractivity contribution in [3.8, 4) is 11.4 Å². The Morgan fingerprint density at radius 2 is 2.12 bits per heavy atom. The molecule has 2 aliphatic rings. The Morgan fingerprint density at radius 3 is 2.96 bits per heavy atom. The van der Waals surface area contributed by atoms with Crippen molar-refractivity contribution in [1.29, 1.82) is 0 Å². The maximum absolute atomic E-state index is 5.66. The van der Waals surface area contributed by atoms with Crippen LogP contribution in [0.3, 0.4) is 0 Å². The van der Waals surface area contributed by atoms with E-state index in [2.05, 4.69) is 32.5 Å². The number of nitrogens with one attached hydrogen (secondary N) is 1. The Morgan fingerprint density at radius 1 is 1.21 bits per heavy atom. The maximum atomic E-state index is 5.66. The molecule has 1 aromatic heterocycles. The highest BCUT2D eigenvalue weighted by atomic mass is 16.5. The smallest absolute Gasteiger partial charge is 0.257 e. The summed E-state index contributed by atoms with van der Waals surface area (Å²) in [5, 5.41) is 7.39. The molecular weight excluding hydrogens is 308 g/mol. The number of morpholine rings is 2. The predicted octanol–water partition coefficient (Wildman–Crippen LogP) is 1.23. The van der Waals surface area contributed by atoms with Crippen LogP contribution in [0.25, 0.3) is 11.4 Å². The number of ether oxygens (including phenoxy) is 2. The monoisotopic (exact) mass is 330 g/mol. The fourth-order valence-corrected chi connectivity index (χ4v) is 3.03. The molecule has 0 radical (unpaired) electrons. The van der Waals surface area contributed by atoms with Crippen LogP contribution >= 0.6 is 0 Å². The van der Waals surface area contributed by atoms with Crippen LogP contribution in [0.1, 0.15) is 17.6 Å². The predicted molar refractivity (Wildman–Crippen MR) is 87.4 cm³/mol. The Bertz CT molecular complexity index is 663. The normalized spacial score (nSPS) is 22.6. The van der Waals surface area contributed by atoms with E-state index in [4.69, 9.17) is 14.0 Å². The number of hydrogen-bond donors (Lipinski definition) is 1. The lowest BCUT2D eigenvalue weighted by Gasteiger charge is -2.26. The topological polar surface area (TPSA) is 72.7 Å². The molecule has 0 unspecified atom stereocenters. The summed E-state index contributed by atoms with van der Waals surface area (Å²) in [6.45, 7) is 6.71. The minimum atomic E-state index is -0.156. The summed E-state index contributed by atoms with van der Waals surface area (Å²) in [6, 6.07) is 8.31. The lowest BCUT2D eigenvalue weighted by molar-refractivity contribution is 0.00755. The zero-order valence-electron chi connectivity index (χ0n) is 13.6. The van der Waals surface area contributed by atoms with Gasteiger partial charge in [-0.25, -0.2) is 0 Å². The summed E-state index contributed by atoms with van der Waals surface area (Å²) in [7, 11) is 0.